The molecular formula is C60H52N8O7. The van der Waals surface area contributed by atoms with E-state index in [-0.39, 0.29) is 42.5 Å². The summed E-state index contributed by atoms with van der Waals surface area (Å²) in [7, 11) is 4.88. The maximum Gasteiger partial charge on any atom is 0.192 e. The summed E-state index contributed by atoms with van der Waals surface area (Å²) in [6.07, 6.45) is 0.0842. The number of imidazole rings is 2. The van der Waals surface area contributed by atoms with Crippen LogP contribution >= 0.6 is 0 Å². The number of carbonyl (C=O) groups excluding carboxylic acids is 2. The molecule has 3 N–H and O–H groups in total. The molecule has 0 amide bonds. The lowest BCUT2D eigenvalue weighted by atomic mass is 10.1. The summed E-state index contributed by atoms with van der Waals surface area (Å²) >= 11 is 0. The molecule has 0 saturated carbocycles. The number of ketones is 2. The van der Waals surface area contributed by atoms with Gasteiger partial charge in [0.25, 0.3) is 0 Å². The Hall–Kier alpha value is -9.76. The van der Waals surface area contributed by atoms with Gasteiger partial charge in [-0.25, -0.2) is 9.97 Å². The molecule has 15 heteroatoms. The Morgan fingerprint density at radius 1 is 0.480 bits per heavy atom. The molecule has 0 aliphatic rings. The summed E-state index contributed by atoms with van der Waals surface area (Å²) in [6.45, 7) is 0.950. The summed E-state index contributed by atoms with van der Waals surface area (Å²) in [5.74, 6) is 3.28. The molecule has 11 rings (SSSR count). The first kappa shape index (κ1) is 48.8. The summed E-state index contributed by atoms with van der Waals surface area (Å²) in [4.78, 5) is 43.1. The van der Waals surface area contributed by atoms with Crippen molar-refractivity contribution in [3.8, 4) is 51.3 Å². The highest BCUT2D eigenvalue weighted by atomic mass is 16.5. The van der Waals surface area contributed by atoms with Gasteiger partial charge in [0.05, 0.1) is 69.3 Å². The fraction of sp³-hybridized carbons (Fsp3) is 0.133. The van der Waals surface area contributed by atoms with Crippen molar-refractivity contribution in [1.82, 2.24) is 39.5 Å². The van der Waals surface area contributed by atoms with Gasteiger partial charge in [-0.15, -0.1) is 0 Å². The van der Waals surface area contributed by atoms with Gasteiger partial charge in [0.15, 0.2) is 23.1 Å². The van der Waals surface area contributed by atoms with Crippen LogP contribution in [0.1, 0.15) is 49.3 Å². The van der Waals surface area contributed by atoms with Crippen LogP contribution in [0.15, 0.2) is 182 Å². The zero-order chi connectivity index (χ0) is 51.7. The van der Waals surface area contributed by atoms with E-state index in [2.05, 4.69) is 25.0 Å². The van der Waals surface area contributed by atoms with Gasteiger partial charge < -0.3 is 34.0 Å². The maximum absolute atomic E-state index is 14.1. The fourth-order valence-electron chi connectivity index (χ4n) is 8.72. The minimum atomic E-state index is -0.269. The van der Waals surface area contributed by atoms with Crippen molar-refractivity contribution in [2.75, 3.05) is 21.3 Å². The van der Waals surface area contributed by atoms with Crippen molar-refractivity contribution in [2.24, 2.45) is 0 Å². The lowest BCUT2D eigenvalue weighted by Crippen LogP contribution is -2.15. The molecule has 4 aromatic heterocycles. The lowest BCUT2D eigenvalue weighted by molar-refractivity contribution is 0.0968. The van der Waals surface area contributed by atoms with Crippen molar-refractivity contribution in [2.45, 2.75) is 32.5 Å². The van der Waals surface area contributed by atoms with E-state index in [1.165, 1.54) is 0 Å². The topological polar surface area (TPSA) is 184 Å². The number of methoxy groups -OCH3 is 3. The standard InChI is InChI=1S/C34H30N4O4.C26H22N4O3/c1-40-26-16-12-23(13-17-26)21-38-33(30(39)20-31-35-28-10-6-7-11-29(28)36-31)34(32(37-38)25-8-4-3-5-9-25)42-22-24-14-18-27(41-2)19-15-24;1-33-19-13-11-17(12-14-19)16-30-25(26(32)24(29-30)18-7-3-2-4-8-18)22(31)15-23-27-20-9-5-6-10-21(20)28-23/h3-19H,20-22H2,1-2H3,(H,35,36);2-14,32H,15-16H2,1H3,(H,27,28). The molecule has 75 heavy (non-hydrogen) atoms. The van der Waals surface area contributed by atoms with E-state index in [1.807, 2.05) is 182 Å². The molecule has 0 spiro atoms. The molecule has 0 atom stereocenters. The smallest absolute Gasteiger partial charge is 0.192 e. The predicted molar refractivity (Wildman–Crippen MR) is 287 cm³/mol. The quantitative estimate of drug-likeness (QED) is 0.0695. The molecule has 0 aliphatic heterocycles. The van der Waals surface area contributed by atoms with E-state index in [4.69, 9.17) is 24.0 Å². The van der Waals surface area contributed by atoms with Crippen LogP contribution in [0.4, 0.5) is 0 Å². The third-order valence-corrected chi connectivity index (χ3v) is 12.5. The molecule has 0 radical (unpaired) electrons. The highest BCUT2D eigenvalue weighted by molar-refractivity contribution is 6.01. The second kappa shape index (κ2) is 22.3. The zero-order valence-corrected chi connectivity index (χ0v) is 41.4. The van der Waals surface area contributed by atoms with Crippen LogP contribution < -0.4 is 18.9 Å². The summed E-state index contributed by atoms with van der Waals surface area (Å²) in [5, 5.41) is 20.6. The minimum Gasteiger partial charge on any atom is -0.504 e. The Balaban J connectivity index is 0.000000176. The Kier molecular flexibility index (Phi) is 14.6. The van der Waals surface area contributed by atoms with Crippen molar-refractivity contribution in [3.63, 3.8) is 0 Å². The van der Waals surface area contributed by atoms with Gasteiger partial charge in [-0.3, -0.25) is 19.0 Å². The largest absolute Gasteiger partial charge is 0.504 e. The molecule has 7 aromatic carbocycles. The first-order chi connectivity index (χ1) is 36.7. The van der Waals surface area contributed by atoms with E-state index in [9.17, 15) is 14.7 Å². The first-order valence-corrected chi connectivity index (χ1v) is 24.2. The number of hydrogen-bond acceptors (Lipinski definition) is 11. The normalized spacial score (nSPS) is 11.0. The van der Waals surface area contributed by atoms with Gasteiger partial charge in [-0.1, -0.05) is 121 Å². The van der Waals surface area contributed by atoms with Crippen LogP contribution in [0.25, 0.3) is 44.6 Å². The lowest BCUT2D eigenvalue weighted by Gasteiger charge is -2.11. The van der Waals surface area contributed by atoms with Gasteiger partial charge in [0.2, 0.25) is 0 Å². The third-order valence-electron chi connectivity index (χ3n) is 12.5. The summed E-state index contributed by atoms with van der Waals surface area (Å²) < 4.78 is 25.6. The molecule has 0 bridgehead atoms. The number of aromatic amines is 2. The number of nitrogens with zero attached hydrogens (tertiary/aromatic N) is 6. The number of carbonyl (C=O) groups is 2. The number of aromatic nitrogens is 8. The van der Waals surface area contributed by atoms with Crippen LogP contribution in [-0.2, 0) is 32.5 Å². The Labute approximate surface area is 432 Å². The highest BCUT2D eigenvalue weighted by Crippen LogP contribution is 2.36. The molecule has 374 valence electrons. The van der Waals surface area contributed by atoms with Gasteiger partial charge in [0.1, 0.15) is 58.3 Å². The van der Waals surface area contributed by atoms with Crippen molar-refractivity contribution < 1.29 is 33.6 Å². The number of nitrogens with one attached hydrogen (secondary N) is 2. The summed E-state index contributed by atoms with van der Waals surface area (Å²) in [5.41, 5.74) is 9.30. The third kappa shape index (κ3) is 11.2. The number of aromatic hydroxyl groups is 1. The zero-order valence-electron chi connectivity index (χ0n) is 41.4. The minimum absolute atomic E-state index is 0.0186. The number of rotatable bonds is 18. The monoisotopic (exact) mass is 996 g/mol. The number of benzene rings is 7. The second-order valence-electron chi connectivity index (χ2n) is 17.6. The van der Waals surface area contributed by atoms with E-state index in [1.54, 1.807) is 30.7 Å². The average Bonchev–Trinajstić information content (AvgIpc) is 4.25. The van der Waals surface area contributed by atoms with Crippen molar-refractivity contribution in [1.29, 1.82) is 0 Å². The number of para-hydroxylation sites is 4. The fourth-order valence-corrected chi connectivity index (χ4v) is 8.72. The first-order valence-electron chi connectivity index (χ1n) is 24.2. The summed E-state index contributed by atoms with van der Waals surface area (Å²) in [6, 6.07) is 57.4. The highest BCUT2D eigenvalue weighted by Gasteiger charge is 2.28. The van der Waals surface area contributed by atoms with Gasteiger partial charge >= 0.3 is 0 Å². The molecular weight excluding hydrogens is 945 g/mol. The van der Waals surface area contributed by atoms with Crippen molar-refractivity contribution in [3.05, 3.63) is 222 Å². The van der Waals surface area contributed by atoms with Crippen LogP contribution in [-0.4, -0.2) is 77.5 Å². The predicted octanol–water partition coefficient (Wildman–Crippen LogP) is 11.1. The van der Waals surface area contributed by atoms with Crippen LogP contribution in [0.5, 0.6) is 28.7 Å². The van der Waals surface area contributed by atoms with Gasteiger partial charge in [0, 0.05) is 11.1 Å². The molecule has 0 aliphatic carbocycles. The molecule has 0 fully saturated rings. The molecule has 4 heterocycles. The number of H-pyrrole nitrogens is 2. The van der Waals surface area contributed by atoms with E-state index in [0.29, 0.717) is 47.6 Å². The Morgan fingerprint density at radius 3 is 1.35 bits per heavy atom. The SMILES string of the molecule is COc1ccc(COc2c(-c3ccccc3)nn(Cc3ccc(OC)cc3)c2C(=O)Cc2nc3ccccc3[nH]2)cc1.COc1ccc(Cn2nc(-c3ccccc3)c(O)c2C(=O)Cc2nc3ccccc3[nH]2)cc1. The molecule has 15 nitrogen and oxygen atoms in total. The second-order valence-corrected chi connectivity index (χ2v) is 17.6. The van der Waals surface area contributed by atoms with E-state index in [0.717, 1.165) is 67.1 Å². The van der Waals surface area contributed by atoms with Crippen LogP contribution in [0, 0.1) is 0 Å². The van der Waals surface area contributed by atoms with Crippen LogP contribution in [0.3, 0.4) is 0 Å². The molecule has 11 aromatic rings. The van der Waals surface area contributed by atoms with E-state index >= 15 is 0 Å². The van der Waals surface area contributed by atoms with E-state index < -0.39 is 0 Å². The number of Topliss-reactive ketones (excluding diaryl/α,β-unsaturated/α-hetero) is 2. The van der Waals surface area contributed by atoms with Crippen LogP contribution in [0.2, 0.25) is 0 Å². The van der Waals surface area contributed by atoms with Crippen molar-refractivity contribution >= 4 is 33.6 Å². The van der Waals surface area contributed by atoms with Gasteiger partial charge in [-0.2, -0.15) is 10.2 Å². The number of hydrogen-bond donors (Lipinski definition) is 3. The molecule has 0 unspecified atom stereocenters. The Bertz CT molecular complexity index is 3650. The average molecular weight is 997 g/mol. The molecule has 0 saturated heterocycles. The number of fused-ring (bicyclic) bond motifs is 2. The van der Waals surface area contributed by atoms with Gasteiger partial charge in [-0.05, 0) is 77.4 Å². The Morgan fingerprint density at radius 2 is 0.880 bits per heavy atom. The maximum atomic E-state index is 14.1. The number of ether oxygens (including phenoxy) is 4.